The normalized spacial score (nSPS) is 13.4. The quantitative estimate of drug-likeness (QED) is 0.609. The van der Waals surface area contributed by atoms with Crippen molar-refractivity contribution in [2.24, 2.45) is 0 Å². The van der Waals surface area contributed by atoms with Gasteiger partial charge in [-0.3, -0.25) is 4.79 Å². The zero-order valence-corrected chi connectivity index (χ0v) is 15.6. The molecule has 0 aliphatic carbocycles. The minimum absolute atomic E-state index is 0.119. The van der Waals surface area contributed by atoms with Crippen LogP contribution < -0.4 is 4.90 Å². The number of para-hydroxylation sites is 1. The Hall–Kier alpha value is -3.13. The summed E-state index contributed by atoms with van der Waals surface area (Å²) in [6.45, 7) is 6.92. The molecule has 0 saturated heterocycles. The molecule has 0 radical (unpaired) electrons. The summed E-state index contributed by atoms with van der Waals surface area (Å²) in [5.41, 5.74) is 7.79. The lowest BCUT2D eigenvalue weighted by Crippen LogP contribution is -2.33. The van der Waals surface area contributed by atoms with Crippen molar-refractivity contribution in [3.05, 3.63) is 107 Å². The third-order valence-corrected chi connectivity index (χ3v) is 5.19. The van der Waals surface area contributed by atoms with Gasteiger partial charge in [0.25, 0.3) is 0 Å². The number of benzene rings is 3. The van der Waals surface area contributed by atoms with Crippen LogP contribution in [0.1, 0.15) is 27.8 Å². The topological polar surface area (TPSA) is 20.3 Å². The molecular formula is C25H23NO. The number of hydrogen-bond acceptors (Lipinski definition) is 1. The molecule has 2 heteroatoms. The number of rotatable bonds is 2. The largest absolute Gasteiger partial charge is 0.307 e. The smallest absolute Gasteiger partial charge is 0.231 e. The van der Waals surface area contributed by atoms with E-state index in [9.17, 15) is 4.79 Å². The number of allylic oxidation sites excluding steroid dienone is 1. The molecule has 2 nitrogen and oxygen atoms in total. The fourth-order valence-electron chi connectivity index (χ4n) is 3.71. The van der Waals surface area contributed by atoms with E-state index in [2.05, 4.69) is 43.8 Å². The van der Waals surface area contributed by atoms with Crippen LogP contribution in [-0.4, -0.2) is 5.91 Å². The number of anilines is 1. The minimum atomic E-state index is 0.119. The van der Waals surface area contributed by atoms with Gasteiger partial charge in [0, 0.05) is 5.69 Å². The van der Waals surface area contributed by atoms with E-state index in [-0.39, 0.29) is 5.91 Å². The Bertz CT molecular complexity index is 1000. The van der Waals surface area contributed by atoms with Gasteiger partial charge in [0.2, 0.25) is 5.91 Å². The van der Waals surface area contributed by atoms with Crippen LogP contribution in [0.4, 0.5) is 5.69 Å². The number of carbonyl (C=O) groups is 1. The summed E-state index contributed by atoms with van der Waals surface area (Å²) in [6.07, 6.45) is 1.15. The van der Waals surface area contributed by atoms with Gasteiger partial charge < -0.3 is 4.90 Å². The van der Waals surface area contributed by atoms with Gasteiger partial charge in [-0.05, 0) is 47.2 Å². The van der Waals surface area contributed by atoms with Crippen molar-refractivity contribution in [3.63, 3.8) is 0 Å². The average Bonchev–Trinajstić information content (AvgIpc) is 2.67. The molecule has 134 valence electrons. The van der Waals surface area contributed by atoms with Crippen LogP contribution in [0, 0.1) is 6.92 Å². The van der Waals surface area contributed by atoms with E-state index in [1.54, 1.807) is 0 Å². The maximum atomic E-state index is 13.3. The van der Waals surface area contributed by atoms with Crippen molar-refractivity contribution in [1.29, 1.82) is 0 Å². The van der Waals surface area contributed by atoms with Gasteiger partial charge in [-0.2, -0.15) is 0 Å². The number of fused-ring (bicyclic) bond motifs is 2. The van der Waals surface area contributed by atoms with Crippen molar-refractivity contribution in [2.75, 3.05) is 4.90 Å². The van der Waals surface area contributed by atoms with Crippen LogP contribution in [0.25, 0.3) is 5.57 Å². The maximum absolute atomic E-state index is 13.3. The zero-order chi connectivity index (χ0) is 18.8. The number of aryl methyl sites for hydroxylation is 1. The van der Waals surface area contributed by atoms with Gasteiger partial charge in [0.15, 0.2) is 0 Å². The lowest BCUT2D eigenvalue weighted by molar-refractivity contribution is -0.118. The predicted molar refractivity (Wildman–Crippen MR) is 112 cm³/mol. The average molecular weight is 353 g/mol. The molecular weight excluding hydrogens is 330 g/mol. The van der Waals surface area contributed by atoms with Gasteiger partial charge in [0.05, 0.1) is 13.0 Å². The van der Waals surface area contributed by atoms with E-state index >= 15 is 0 Å². The Kier molecular flexibility index (Phi) is 4.64. The Labute approximate surface area is 160 Å². The highest BCUT2D eigenvalue weighted by Crippen LogP contribution is 2.33. The Morgan fingerprint density at radius 2 is 1.59 bits per heavy atom. The fraction of sp³-hybridized carbons (Fsp3) is 0.160. The molecule has 0 bridgehead atoms. The van der Waals surface area contributed by atoms with Crippen LogP contribution >= 0.6 is 0 Å². The van der Waals surface area contributed by atoms with Crippen LogP contribution in [-0.2, 0) is 24.2 Å². The first kappa shape index (κ1) is 17.3. The Morgan fingerprint density at radius 3 is 2.37 bits per heavy atom. The summed E-state index contributed by atoms with van der Waals surface area (Å²) in [6, 6.07) is 24.6. The second-order valence-electron chi connectivity index (χ2n) is 7.21. The summed E-state index contributed by atoms with van der Waals surface area (Å²) < 4.78 is 0. The Morgan fingerprint density at radius 1 is 0.926 bits per heavy atom. The lowest BCUT2D eigenvalue weighted by atomic mass is 9.91. The van der Waals surface area contributed by atoms with Crippen LogP contribution in [0.2, 0.25) is 0 Å². The van der Waals surface area contributed by atoms with Gasteiger partial charge in [-0.25, -0.2) is 0 Å². The highest BCUT2D eigenvalue weighted by atomic mass is 16.2. The SMILES string of the molecule is C=C1Cc2ccccc2N(C(=O)Cc2ccc(C)cc2)Cc2ccccc21. The van der Waals surface area contributed by atoms with Crippen molar-refractivity contribution in [1.82, 2.24) is 0 Å². The molecule has 3 aromatic carbocycles. The van der Waals surface area contributed by atoms with E-state index in [1.165, 1.54) is 5.56 Å². The summed E-state index contributed by atoms with van der Waals surface area (Å²) in [5, 5.41) is 0. The maximum Gasteiger partial charge on any atom is 0.231 e. The standard InChI is InChI=1S/C25H23NO/c1-18-11-13-20(14-12-18)16-25(27)26-17-22-8-3-5-9-23(22)19(2)15-21-7-4-6-10-24(21)26/h3-14H,2,15-17H2,1H3. The van der Waals surface area contributed by atoms with E-state index in [4.69, 9.17) is 0 Å². The lowest BCUT2D eigenvalue weighted by Gasteiger charge is -2.29. The number of amides is 1. The van der Waals surface area contributed by atoms with Gasteiger partial charge >= 0.3 is 0 Å². The van der Waals surface area contributed by atoms with Gasteiger partial charge in [-0.15, -0.1) is 0 Å². The van der Waals surface area contributed by atoms with E-state index in [0.717, 1.165) is 39.9 Å². The van der Waals surface area contributed by atoms with E-state index in [0.29, 0.717) is 13.0 Å². The molecule has 4 rings (SSSR count). The molecule has 1 aliphatic heterocycles. The van der Waals surface area contributed by atoms with Crippen LogP contribution in [0.15, 0.2) is 79.4 Å². The first-order valence-electron chi connectivity index (χ1n) is 9.31. The number of nitrogens with zero attached hydrogens (tertiary/aromatic N) is 1. The number of carbonyl (C=O) groups excluding carboxylic acids is 1. The summed E-state index contributed by atoms with van der Waals surface area (Å²) in [4.78, 5) is 15.2. The minimum Gasteiger partial charge on any atom is -0.307 e. The molecule has 0 atom stereocenters. The molecule has 1 amide bonds. The molecule has 0 spiro atoms. The first-order chi connectivity index (χ1) is 13.1. The predicted octanol–water partition coefficient (Wildman–Crippen LogP) is 5.34. The second kappa shape index (κ2) is 7.24. The molecule has 3 aromatic rings. The fourth-order valence-corrected chi connectivity index (χ4v) is 3.71. The summed E-state index contributed by atoms with van der Waals surface area (Å²) in [5.74, 6) is 0.119. The van der Waals surface area contributed by atoms with Crippen LogP contribution in [0.3, 0.4) is 0 Å². The van der Waals surface area contributed by atoms with E-state index in [1.807, 2.05) is 47.4 Å². The van der Waals surface area contributed by atoms with Crippen molar-refractivity contribution < 1.29 is 4.79 Å². The van der Waals surface area contributed by atoms with Gasteiger partial charge in [0.1, 0.15) is 0 Å². The summed E-state index contributed by atoms with van der Waals surface area (Å²) in [7, 11) is 0. The molecule has 0 aromatic heterocycles. The van der Waals surface area contributed by atoms with Crippen molar-refractivity contribution >= 4 is 17.2 Å². The number of hydrogen-bond donors (Lipinski definition) is 0. The highest BCUT2D eigenvalue weighted by molar-refractivity contribution is 5.96. The molecule has 1 aliphatic rings. The summed E-state index contributed by atoms with van der Waals surface area (Å²) >= 11 is 0. The second-order valence-corrected chi connectivity index (χ2v) is 7.21. The van der Waals surface area contributed by atoms with E-state index < -0.39 is 0 Å². The van der Waals surface area contributed by atoms with Crippen LogP contribution in [0.5, 0.6) is 0 Å². The monoisotopic (exact) mass is 353 g/mol. The molecule has 1 heterocycles. The van der Waals surface area contributed by atoms with Crippen molar-refractivity contribution in [2.45, 2.75) is 26.3 Å². The molecule has 0 N–H and O–H groups in total. The third kappa shape index (κ3) is 3.56. The van der Waals surface area contributed by atoms with Gasteiger partial charge in [-0.1, -0.05) is 78.9 Å². The molecule has 0 saturated carbocycles. The highest BCUT2D eigenvalue weighted by Gasteiger charge is 2.23. The molecule has 0 unspecified atom stereocenters. The molecule has 27 heavy (non-hydrogen) atoms. The third-order valence-electron chi connectivity index (χ3n) is 5.19. The van der Waals surface area contributed by atoms with Crippen molar-refractivity contribution in [3.8, 4) is 0 Å². The first-order valence-corrected chi connectivity index (χ1v) is 9.31. The zero-order valence-electron chi connectivity index (χ0n) is 15.6. The molecule has 0 fully saturated rings. The Balaban J connectivity index is 1.73.